The third kappa shape index (κ3) is 5.05. The summed E-state index contributed by atoms with van der Waals surface area (Å²) >= 11 is 0. The Morgan fingerprint density at radius 3 is 2.46 bits per heavy atom. The van der Waals surface area contributed by atoms with Gasteiger partial charge in [-0.25, -0.2) is 0 Å². The van der Waals surface area contributed by atoms with E-state index in [4.69, 9.17) is 0 Å². The van der Waals surface area contributed by atoms with Gasteiger partial charge in [0.25, 0.3) is 0 Å². The van der Waals surface area contributed by atoms with Gasteiger partial charge in [0.1, 0.15) is 0 Å². The largest absolute Gasteiger partial charge is 0.308 e. The lowest BCUT2D eigenvalue weighted by Gasteiger charge is -2.25. The van der Waals surface area contributed by atoms with Crippen molar-refractivity contribution in [2.75, 3.05) is 27.2 Å². The zero-order valence-corrected chi connectivity index (χ0v) is 15.5. The first kappa shape index (κ1) is 18.4. The van der Waals surface area contributed by atoms with Crippen LogP contribution in [0.5, 0.6) is 0 Å². The van der Waals surface area contributed by atoms with Gasteiger partial charge in [-0.05, 0) is 39.1 Å². The van der Waals surface area contributed by atoms with Crippen LogP contribution < -0.4 is 0 Å². The second-order valence-electron chi connectivity index (χ2n) is 6.67. The van der Waals surface area contributed by atoms with E-state index in [0.717, 1.165) is 32.7 Å². The van der Waals surface area contributed by atoms with E-state index < -0.39 is 0 Å². The Labute approximate surface area is 146 Å². The normalized spacial score (nSPS) is 11.4. The highest BCUT2D eigenvalue weighted by Gasteiger charge is 2.13. The summed E-state index contributed by atoms with van der Waals surface area (Å²) in [7, 11) is 4.25. The maximum atomic E-state index is 4.49. The van der Waals surface area contributed by atoms with Crippen molar-refractivity contribution in [2.24, 2.45) is 0 Å². The lowest BCUT2D eigenvalue weighted by atomic mass is 10.1. The monoisotopic (exact) mass is 326 g/mol. The van der Waals surface area contributed by atoms with Gasteiger partial charge in [-0.1, -0.05) is 30.3 Å². The van der Waals surface area contributed by atoms with Crippen molar-refractivity contribution in [3.63, 3.8) is 0 Å². The Hall–Kier alpha value is -1.91. The van der Waals surface area contributed by atoms with Crippen molar-refractivity contribution in [1.29, 1.82) is 0 Å². The maximum absolute atomic E-state index is 4.49. The van der Waals surface area contributed by atoms with E-state index in [2.05, 4.69) is 73.7 Å². The minimum atomic E-state index is 0.765. The lowest BCUT2D eigenvalue weighted by molar-refractivity contribution is 0.225. The first-order valence-electron chi connectivity index (χ1n) is 8.55. The lowest BCUT2D eigenvalue weighted by Crippen LogP contribution is -2.31. The maximum Gasteiger partial charge on any atom is 0.0590 e. The molecule has 0 radical (unpaired) electrons. The molecular formula is C20H30N4. The van der Waals surface area contributed by atoms with Crippen molar-refractivity contribution >= 4 is 0 Å². The Kier molecular flexibility index (Phi) is 6.76. The van der Waals surface area contributed by atoms with Gasteiger partial charge in [0.2, 0.25) is 0 Å². The average Bonchev–Trinajstić information content (AvgIpc) is 2.88. The van der Waals surface area contributed by atoms with Crippen LogP contribution in [0.3, 0.4) is 0 Å². The van der Waals surface area contributed by atoms with Gasteiger partial charge in [-0.15, -0.1) is 6.58 Å². The van der Waals surface area contributed by atoms with Gasteiger partial charge in [0.05, 0.1) is 12.7 Å². The van der Waals surface area contributed by atoms with Crippen molar-refractivity contribution in [3.8, 4) is 0 Å². The summed E-state index contributed by atoms with van der Waals surface area (Å²) in [4.78, 5) is 4.74. The van der Waals surface area contributed by atoms with Gasteiger partial charge in [0.15, 0.2) is 0 Å². The molecule has 0 spiro atoms. The Balaban J connectivity index is 2.13. The van der Waals surface area contributed by atoms with Crippen LogP contribution in [-0.4, -0.2) is 46.8 Å². The molecule has 1 aromatic heterocycles. The van der Waals surface area contributed by atoms with Crippen molar-refractivity contribution < 1.29 is 0 Å². The number of aryl methyl sites for hydroxylation is 1. The second-order valence-corrected chi connectivity index (χ2v) is 6.67. The summed E-state index contributed by atoms with van der Waals surface area (Å²) in [5.74, 6) is 0. The van der Waals surface area contributed by atoms with E-state index in [1.807, 2.05) is 17.0 Å². The predicted molar refractivity (Wildman–Crippen MR) is 101 cm³/mol. The number of benzene rings is 1. The number of aromatic nitrogens is 2. The van der Waals surface area contributed by atoms with E-state index in [-0.39, 0.29) is 0 Å². The molecule has 24 heavy (non-hydrogen) atoms. The molecule has 0 amide bonds. The molecule has 0 saturated carbocycles. The fourth-order valence-electron chi connectivity index (χ4n) is 2.77. The van der Waals surface area contributed by atoms with Crippen LogP contribution in [0.25, 0.3) is 0 Å². The fraction of sp³-hybridized carbons (Fsp3) is 0.450. The molecule has 1 aromatic carbocycles. The summed E-state index contributed by atoms with van der Waals surface area (Å²) < 4.78 is 2.01. The molecule has 0 saturated heterocycles. The third-order valence-corrected chi connectivity index (χ3v) is 4.42. The Morgan fingerprint density at radius 1 is 1.08 bits per heavy atom. The molecule has 0 aliphatic carbocycles. The Morgan fingerprint density at radius 2 is 1.79 bits per heavy atom. The fourth-order valence-corrected chi connectivity index (χ4v) is 2.77. The standard InChI is InChI=1S/C20H30N4/c1-6-11-24-18(3)20(14-21-24)16-23(13-12-22(4)5)15-19-10-8-7-9-17(19)2/h6-10,14H,1,11-13,15-16H2,2-5H3. The average molecular weight is 326 g/mol. The molecule has 1 heterocycles. The number of rotatable bonds is 9. The molecule has 0 fully saturated rings. The van der Waals surface area contributed by atoms with E-state index >= 15 is 0 Å². The molecule has 0 bridgehead atoms. The van der Waals surface area contributed by atoms with Gasteiger partial charge in [0, 0.05) is 37.4 Å². The molecule has 4 nitrogen and oxygen atoms in total. The number of hydrogen-bond acceptors (Lipinski definition) is 3. The van der Waals surface area contributed by atoms with Crippen LogP contribution in [0.4, 0.5) is 0 Å². The zero-order chi connectivity index (χ0) is 17.5. The van der Waals surface area contributed by atoms with Crippen molar-refractivity contribution in [2.45, 2.75) is 33.5 Å². The van der Waals surface area contributed by atoms with Crippen LogP contribution in [0.1, 0.15) is 22.4 Å². The molecule has 0 atom stereocenters. The zero-order valence-electron chi connectivity index (χ0n) is 15.5. The molecule has 4 heteroatoms. The molecule has 0 aliphatic heterocycles. The van der Waals surface area contributed by atoms with Gasteiger partial charge < -0.3 is 4.90 Å². The van der Waals surface area contributed by atoms with E-state index in [0.29, 0.717) is 0 Å². The van der Waals surface area contributed by atoms with Crippen molar-refractivity contribution in [3.05, 3.63) is 65.5 Å². The highest BCUT2D eigenvalue weighted by molar-refractivity contribution is 5.25. The van der Waals surface area contributed by atoms with Crippen molar-refractivity contribution in [1.82, 2.24) is 19.6 Å². The van der Waals surface area contributed by atoms with Crippen LogP contribution >= 0.6 is 0 Å². The highest BCUT2D eigenvalue weighted by atomic mass is 15.3. The van der Waals surface area contributed by atoms with Gasteiger partial charge in [-0.3, -0.25) is 9.58 Å². The molecule has 130 valence electrons. The highest BCUT2D eigenvalue weighted by Crippen LogP contribution is 2.15. The summed E-state index contributed by atoms with van der Waals surface area (Å²) in [6.45, 7) is 12.9. The first-order chi connectivity index (χ1) is 11.5. The van der Waals surface area contributed by atoms with Crippen LogP contribution in [0.15, 0.2) is 43.1 Å². The number of hydrogen-bond donors (Lipinski definition) is 0. The van der Waals surface area contributed by atoms with E-state index in [9.17, 15) is 0 Å². The van der Waals surface area contributed by atoms with Gasteiger partial charge >= 0.3 is 0 Å². The van der Waals surface area contributed by atoms with E-state index in [1.54, 1.807) is 0 Å². The minimum absolute atomic E-state index is 0.765. The quantitative estimate of drug-likeness (QED) is 0.661. The van der Waals surface area contributed by atoms with Gasteiger partial charge in [-0.2, -0.15) is 5.10 Å². The SMILES string of the molecule is C=CCn1ncc(CN(CCN(C)C)Cc2ccccc2C)c1C. The topological polar surface area (TPSA) is 24.3 Å². The first-order valence-corrected chi connectivity index (χ1v) is 8.55. The molecule has 2 aromatic rings. The minimum Gasteiger partial charge on any atom is -0.308 e. The van der Waals surface area contributed by atoms with Crippen LogP contribution in [-0.2, 0) is 19.6 Å². The van der Waals surface area contributed by atoms with Crippen LogP contribution in [0.2, 0.25) is 0 Å². The Bertz CT molecular complexity index is 657. The predicted octanol–water partition coefficient (Wildman–Crippen LogP) is 3.25. The molecule has 0 unspecified atom stereocenters. The summed E-state index contributed by atoms with van der Waals surface area (Å²) in [6, 6.07) is 8.64. The number of likely N-dealkylation sites (N-methyl/N-ethyl adjacent to an activating group) is 1. The van der Waals surface area contributed by atoms with Crippen LogP contribution in [0, 0.1) is 13.8 Å². The molecule has 0 aliphatic rings. The summed E-state index contributed by atoms with van der Waals surface area (Å²) in [5, 5.41) is 4.49. The third-order valence-electron chi connectivity index (χ3n) is 4.42. The second kappa shape index (κ2) is 8.81. The summed E-state index contributed by atoms with van der Waals surface area (Å²) in [6.07, 6.45) is 3.89. The number of allylic oxidation sites excluding steroid dienone is 1. The molecule has 0 N–H and O–H groups in total. The number of nitrogens with zero attached hydrogens (tertiary/aromatic N) is 4. The molecular weight excluding hydrogens is 296 g/mol. The molecule has 2 rings (SSSR count). The summed E-state index contributed by atoms with van der Waals surface area (Å²) in [5.41, 5.74) is 5.28. The smallest absolute Gasteiger partial charge is 0.0590 e. The van der Waals surface area contributed by atoms with E-state index in [1.165, 1.54) is 22.4 Å².